The summed E-state index contributed by atoms with van der Waals surface area (Å²) in [6.07, 6.45) is 3.41. The van der Waals surface area contributed by atoms with Crippen LogP contribution in [0.3, 0.4) is 0 Å². The molecule has 0 amide bonds. The third-order valence-electron chi connectivity index (χ3n) is 4.14. The van der Waals surface area contributed by atoms with Gasteiger partial charge in [-0.3, -0.25) is 4.79 Å². The van der Waals surface area contributed by atoms with Gasteiger partial charge in [0.15, 0.2) is 0 Å². The molecule has 116 valence electrons. The van der Waals surface area contributed by atoms with Gasteiger partial charge in [-0.05, 0) is 57.9 Å². The number of aryl methyl sites for hydroxylation is 1. The summed E-state index contributed by atoms with van der Waals surface area (Å²) in [7, 11) is 1.83. The van der Waals surface area contributed by atoms with Gasteiger partial charge in [-0.1, -0.05) is 12.1 Å². The van der Waals surface area contributed by atoms with Crippen molar-refractivity contribution < 1.29 is 14.3 Å². The number of hydrogen-bond acceptors (Lipinski definition) is 4. The molecule has 0 spiro atoms. The summed E-state index contributed by atoms with van der Waals surface area (Å²) >= 11 is 0. The maximum absolute atomic E-state index is 12.3. The molecule has 2 unspecified atom stereocenters. The smallest absolute Gasteiger partial charge is 0.326 e. The van der Waals surface area contributed by atoms with Gasteiger partial charge < -0.3 is 14.8 Å². The van der Waals surface area contributed by atoms with Crippen molar-refractivity contribution in [2.24, 2.45) is 0 Å². The first kappa shape index (κ1) is 15.8. The van der Waals surface area contributed by atoms with Crippen molar-refractivity contribution in [2.75, 3.05) is 13.7 Å². The Labute approximate surface area is 126 Å². The van der Waals surface area contributed by atoms with E-state index < -0.39 is 5.54 Å². The zero-order valence-corrected chi connectivity index (χ0v) is 13.1. The van der Waals surface area contributed by atoms with Crippen molar-refractivity contribution in [3.05, 3.63) is 29.8 Å². The van der Waals surface area contributed by atoms with Crippen molar-refractivity contribution in [2.45, 2.75) is 51.2 Å². The molecule has 0 bridgehead atoms. The van der Waals surface area contributed by atoms with Gasteiger partial charge >= 0.3 is 5.97 Å². The molecule has 0 aliphatic heterocycles. The molecule has 0 aromatic heterocycles. The monoisotopic (exact) mass is 291 g/mol. The van der Waals surface area contributed by atoms with Gasteiger partial charge in [-0.2, -0.15) is 0 Å². The van der Waals surface area contributed by atoms with Crippen molar-refractivity contribution in [1.29, 1.82) is 0 Å². The second kappa shape index (κ2) is 6.94. The fourth-order valence-electron chi connectivity index (χ4n) is 2.99. The molecule has 1 aromatic carbocycles. The lowest BCUT2D eigenvalue weighted by molar-refractivity contribution is -0.154. The Morgan fingerprint density at radius 3 is 2.95 bits per heavy atom. The number of ether oxygens (including phenoxy) is 2. The summed E-state index contributed by atoms with van der Waals surface area (Å²) in [6, 6.07) is 8.03. The molecule has 0 saturated heterocycles. The van der Waals surface area contributed by atoms with Crippen LogP contribution in [0.1, 0.15) is 38.2 Å². The van der Waals surface area contributed by atoms with Crippen LogP contribution in [0.15, 0.2) is 24.3 Å². The van der Waals surface area contributed by atoms with Gasteiger partial charge in [0.05, 0.1) is 6.61 Å². The molecule has 21 heavy (non-hydrogen) atoms. The lowest BCUT2D eigenvalue weighted by atomic mass is 9.80. The summed E-state index contributed by atoms with van der Waals surface area (Å²) in [5.74, 6) is 0.709. The standard InChI is InChI=1S/C17H25NO3/c1-4-20-16(19)17(18-3)10-6-9-15(12-17)21-14-8-5-7-13(2)11-14/h5,7-8,11,15,18H,4,6,9-10,12H2,1-3H3. The van der Waals surface area contributed by atoms with Crippen molar-refractivity contribution >= 4 is 5.97 Å². The van der Waals surface area contributed by atoms with E-state index in [1.165, 1.54) is 5.56 Å². The van der Waals surface area contributed by atoms with Gasteiger partial charge in [0.1, 0.15) is 17.4 Å². The molecule has 4 nitrogen and oxygen atoms in total. The third-order valence-corrected chi connectivity index (χ3v) is 4.14. The maximum Gasteiger partial charge on any atom is 0.326 e. The number of rotatable bonds is 5. The van der Waals surface area contributed by atoms with Gasteiger partial charge in [0.25, 0.3) is 0 Å². The highest BCUT2D eigenvalue weighted by Crippen LogP contribution is 2.32. The summed E-state index contributed by atoms with van der Waals surface area (Å²) in [6.45, 7) is 4.29. The quantitative estimate of drug-likeness (QED) is 0.847. The zero-order chi connectivity index (χ0) is 15.3. The highest BCUT2D eigenvalue weighted by atomic mass is 16.5. The first-order chi connectivity index (χ1) is 10.1. The minimum Gasteiger partial charge on any atom is -0.490 e. The predicted octanol–water partition coefficient (Wildman–Crippen LogP) is 2.84. The molecular weight excluding hydrogens is 266 g/mol. The second-order valence-electron chi connectivity index (χ2n) is 5.71. The van der Waals surface area contributed by atoms with Crippen LogP contribution in [0, 0.1) is 6.92 Å². The molecule has 2 rings (SSSR count). The van der Waals surface area contributed by atoms with E-state index in [1.807, 2.05) is 45.2 Å². The number of carbonyl (C=O) groups excluding carboxylic acids is 1. The average Bonchev–Trinajstić information content (AvgIpc) is 2.47. The zero-order valence-electron chi connectivity index (χ0n) is 13.1. The molecule has 1 aliphatic rings. The number of hydrogen-bond donors (Lipinski definition) is 1. The molecule has 1 saturated carbocycles. The Bertz CT molecular complexity index is 489. The van der Waals surface area contributed by atoms with Gasteiger partial charge in [0.2, 0.25) is 0 Å². The van der Waals surface area contributed by atoms with Crippen LogP contribution in [0.5, 0.6) is 5.75 Å². The fraction of sp³-hybridized carbons (Fsp3) is 0.588. The van der Waals surface area contributed by atoms with Crippen LogP contribution in [0.4, 0.5) is 0 Å². The average molecular weight is 291 g/mol. The van der Waals surface area contributed by atoms with E-state index in [0.29, 0.717) is 13.0 Å². The van der Waals surface area contributed by atoms with E-state index >= 15 is 0 Å². The SMILES string of the molecule is CCOC(=O)C1(NC)CCCC(Oc2cccc(C)c2)C1. The number of nitrogens with one attached hydrogen (secondary N) is 1. The molecule has 1 aromatic rings. The number of benzene rings is 1. The Morgan fingerprint density at radius 1 is 1.48 bits per heavy atom. The van der Waals surface area contributed by atoms with E-state index in [9.17, 15) is 4.79 Å². The van der Waals surface area contributed by atoms with Crippen LogP contribution in [-0.2, 0) is 9.53 Å². The van der Waals surface area contributed by atoms with Gasteiger partial charge in [-0.25, -0.2) is 0 Å². The molecule has 0 radical (unpaired) electrons. The molecule has 1 N–H and O–H groups in total. The van der Waals surface area contributed by atoms with E-state index in [0.717, 1.165) is 25.0 Å². The highest BCUT2D eigenvalue weighted by molar-refractivity contribution is 5.81. The van der Waals surface area contributed by atoms with Crippen molar-refractivity contribution in [3.63, 3.8) is 0 Å². The van der Waals surface area contributed by atoms with Crippen molar-refractivity contribution in [3.8, 4) is 5.75 Å². The number of carbonyl (C=O) groups is 1. The van der Waals surface area contributed by atoms with Gasteiger partial charge in [0, 0.05) is 6.42 Å². The highest BCUT2D eigenvalue weighted by Gasteiger charge is 2.43. The molecule has 4 heteroatoms. The third kappa shape index (κ3) is 3.76. The molecular formula is C17H25NO3. The summed E-state index contributed by atoms with van der Waals surface area (Å²) in [4.78, 5) is 12.3. The van der Waals surface area contributed by atoms with E-state index in [-0.39, 0.29) is 12.1 Å². The van der Waals surface area contributed by atoms with Crippen LogP contribution >= 0.6 is 0 Å². The summed E-state index contributed by atoms with van der Waals surface area (Å²) in [5, 5.41) is 3.17. The largest absolute Gasteiger partial charge is 0.490 e. The van der Waals surface area contributed by atoms with E-state index in [2.05, 4.69) is 5.32 Å². The molecule has 1 fully saturated rings. The number of esters is 1. The second-order valence-corrected chi connectivity index (χ2v) is 5.71. The molecule has 1 aliphatic carbocycles. The Kier molecular flexibility index (Phi) is 5.23. The first-order valence-corrected chi connectivity index (χ1v) is 7.69. The Hall–Kier alpha value is -1.55. The molecule has 0 heterocycles. The maximum atomic E-state index is 12.3. The lowest BCUT2D eigenvalue weighted by Crippen LogP contribution is -2.56. The summed E-state index contributed by atoms with van der Waals surface area (Å²) in [5.41, 5.74) is 0.566. The normalized spacial score (nSPS) is 25.4. The summed E-state index contributed by atoms with van der Waals surface area (Å²) < 4.78 is 11.3. The first-order valence-electron chi connectivity index (χ1n) is 7.69. The van der Waals surface area contributed by atoms with E-state index in [4.69, 9.17) is 9.47 Å². The number of likely N-dealkylation sites (N-methyl/N-ethyl adjacent to an activating group) is 1. The van der Waals surface area contributed by atoms with E-state index in [1.54, 1.807) is 0 Å². The topological polar surface area (TPSA) is 47.6 Å². The van der Waals surface area contributed by atoms with Crippen LogP contribution in [0.25, 0.3) is 0 Å². The Balaban J connectivity index is 2.07. The molecule has 2 atom stereocenters. The fourth-order valence-corrected chi connectivity index (χ4v) is 2.99. The van der Waals surface area contributed by atoms with Crippen LogP contribution in [-0.4, -0.2) is 31.3 Å². The van der Waals surface area contributed by atoms with Crippen molar-refractivity contribution in [1.82, 2.24) is 5.32 Å². The Morgan fingerprint density at radius 2 is 2.29 bits per heavy atom. The van der Waals surface area contributed by atoms with Crippen LogP contribution < -0.4 is 10.1 Å². The van der Waals surface area contributed by atoms with Gasteiger partial charge in [-0.15, -0.1) is 0 Å². The van der Waals surface area contributed by atoms with Crippen LogP contribution in [0.2, 0.25) is 0 Å². The minimum atomic E-state index is -0.608. The lowest BCUT2D eigenvalue weighted by Gasteiger charge is -2.38. The predicted molar refractivity (Wildman–Crippen MR) is 82.5 cm³/mol. The minimum absolute atomic E-state index is 0.0393.